The summed E-state index contributed by atoms with van der Waals surface area (Å²) in [6.45, 7) is 12.4. The van der Waals surface area contributed by atoms with Crippen LogP contribution in [-0.2, 0) is 15.9 Å². The zero-order chi connectivity index (χ0) is 22.6. The minimum atomic E-state index is -1.03. The Hall–Kier alpha value is -1.62. The van der Waals surface area contributed by atoms with Gasteiger partial charge in [0.1, 0.15) is 11.4 Å². The lowest BCUT2D eigenvalue weighted by Gasteiger charge is -2.46. The van der Waals surface area contributed by atoms with Gasteiger partial charge in [-0.15, -0.1) is 0 Å². The average molecular weight is 427 g/mol. The highest BCUT2D eigenvalue weighted by molar-refractivity contribution is 5.39. The molecule has 2 fully saturated rings. The van der Waals surface area contributed by atoms with Gasteiger partial charge in [-0.05, 0) is 95.8 Å². The highest BCUT2D eigenvalue weighted by atomic mass is 16.7. The number of ether oxygens (including phenoxy) is 2. The van der Waals surface area contributed by atoms with Crippen LogP contribution in [0.25, 0.3) is 0 Å². The van der Waals surface area contributed by atoms with E-state index in [1.165, 1.54) is 11.1 Å². The number of rotatable bonds is 4. The highest BCUT2D eigenvalue weighted by Crippen LogP contribution is 2.65. The Labute approximate surface area is 187 Å². The molecule has 1 aromatic rings. The van der Waals surface area contributed by atoms with Crippen molar-refractivity contribution in [3.05, 3.63) is 52.6 Å². The molecule has 0 radical (unpaired) electrons. The van der Waals surface area contributed by atoms with Gasteiger partial charge in [0.05, 0.1) is 11.7 Å². The second-order valence-corrected chi connectivity index (χ2v) is 11.0. The summed E-state index contributed by atoms with van der Waals surface area (Å²) >= 11 is 0. The number of hydrogen-bond donors (Lipinski definition) is 2. The summed E-state index contributed by atoms with van der Waals surface area (Å²) in [5.41, 5.74) is 2.67. The lowest BCUT2D eigenvalue weighted by molar-refractivity contribution is -0.202. The summed E-state index contributed by atoms with van der Waals surface area (Å²) in [4.78, 5) is 0. The van der Waals surface area contributed by atoms with Crippen molar-refractivity contribution in [2.75, 3.05) is 0 Å². The zero-order valence-electron chi connectivity index (χ0n) is 19.9. The topological polar surface area (TPSA) is 58.9 Å². The van der Waals surface area contributed by atoms with Crippen molar-refractivity contribution in [1.29, 1.82) is 0 Å². The largest absolute Gasteiger partial charge is 0.508 e. The minimum absolute atomic E-state index is 0.0525. The molecule has 3 aliphatic rings. The van der Waals surface area contributed by atoms with Crippen LogP contribution in [-0.4, -0.2) is 27.5 Å². The molecule has 1 saturated carbocycles. The van der Waals surface area contributed by atoms with Gasteiger partial charge < -0.3 is 19.7 Å². The van der Waals surface area contributed by atoms with Gasteiger partial charge in [0.15, 0.2) is 6.29 Å². The van der Waals surface area contributed by atoms with Crippen LogP contribution in [0.4, 0.5) is 0 Å². The SMILES string of the molecule is CC(C)=CCc1cc([C@@H]2O[C@@H]3C[C@@]4(C)CC=C(C)CC[C@@H]4[C@]3(C(C)(C)O)O2)ccc1O. The average Bonchev–Trinajstić information content (AvgIpc) is 3.10. The van der Waals surface area contributed by atoms with Crippen molar-refractivity contribution >= 4 is 0 Å². The Bertz CT molecular complexity index is 904. The first-order chi connectivity index (χ1) is 14.5. The molecule has 0 unspecified atom stereocenters. The van der Waals surface area contributed by atoms with Gasteiger partial charge in [0.25, 0.3) is 0 Å². The number of phenolic OH excluding ortho intramolecular Hbond substituents is 1. The molecule has 1 heterocycles. The van der Waals surface area contributed by atoms with E-state index in [1.54, 1.807) is 6.07 Å². The third-order valence-electron chi connectivity index (χ3n) is 7.89. The third-order valence-corrected chi connectivity index (χ3v) is 7.89. The van der Waals surface area contributed by atoms with Crippen molar-refractivity contribution < 1.29 is 19.7 Å². The zero-order valence-corrected chi connectivity index (χ0v) is 19.9. The number of benzene rings is 1. The van der Waals surface area contributed by atoms with Crippen LogP contribution in [0.1, 0.15) is 84.6 Å². The molecule has 31 heavy (non-hydrogen) atoms. The van der Waals surface area contributed by atoms with Gasteiger partial charge in [0.2, 0.25) is 0 Å². The number of hydrogen-bond acceptors (Lipinski definition) is 4. The van der Waals surface area contributed by atoms with Crippen LogP contribution in [0.3, 0.4) is 0 Å². The maximum absolute atomic E-state index is 11.4. The third kappa shape index (κ3) is 3.77. The predicted molar refractivity (Wildman–Crippen MR) is 123 cm³/mol. The summed E-state index contributed by atoms with van der Waals surface area (Å²) in [5.74, 6) is 0.500. The minimum Gasteiger partial charge on any atom is -0.508 e. The first-order valence-electron chi connectivity index (χ1n) is 11.6. The van der Waals surface area contributed by atoms with Gasteiger partial charge in [-0.2, -0.15) is 0 Å². The van der Waals surface area contributed by atoms with Gasteiger partial charge in [-0.3, -0.25) is 0 Å². The summed E-state index contributed by atoms with van der Waals surface area (Å²) < 4.78 is 13.3. The molecule has 1 aromatic carbocycles. The first-order valence-corrected chi connectivity index (χ1v) is 11.6. The number of fused-ring (bicyclic) bond motifs is 3. The molecule has 4 heteroatoms. The Morgan fingerprint density at radius 2 is 2.03 bits per heavy atom. The fourth-order valence-electron chi connectivity index (χ4n) is 6.13. The van der Waals surface area contributed by atoms with E-state index < -0.39 is 17.5 Å². The van der Waals surface area contributed by atoms with Gasteiger partial charge in [0, 0.05) is 5.56 Å². The summed E-state index contributed by atoms with van der Waals surface area (Å²) in [6.07, 6.45) is 8.35. The lowest BCUT2D eigenvalue weighted by Crippen LogP contribution is -2.59. The molecule has 170 valence electrons. The number of aromatic hydroxyl groups is 1. The van der Waals surface area contributed by atoms with Gasteiger partial charge >= 0.3 is 0 Å². The Kier molecular flexibility index (Phi) is 5.65. The molecule has 1 aliphatic heterocycles. The molecule has 5 atom stereocenters. The highest BCUT2D eigenvalue weighted by Gasteiger charge is 2.71. The molecular formula is C27H38O4. The molecule has 0 amide bonds. The number of aliphatic hydroxyl groups is 1. The Morgan fingerprint density at radius 3 is 2.71 bits per heavy atom. The fraction of sp³-hybridized carbons (Fsp3) is 0.630. The van der Waals surface area contributed by atoms with E-state index >= 15 is 0 Å². The normalized spacial score (nSPS) is 35.2. The van der Waals surface area contributed by atoms with Crippen LogP contribution >= 0.6 is 0 Å². The van der Waals surface area contributed by atoms with Crippen LogP contribution < -0.4 is 0 Å². The Morgan fingerprint density at radius 1 is 1.29 bits per heavy atom. The van der Waals surface area contributed by atoms with Crippen molar-refractivity contribution in [1.82, 2.24) is 0 Å². The van der Waals surface area contributed by atoms with E-state index in [4.69, 9.17) is 9.47 Å². The second-order valence-electron chi connectivity index (χ2n) is 11.0. The number of phenols is 1. The smallest absolute Gasteiger partial charge is 0.185 e. The molecule has 4 rings (SSSR count). The first kappa shape index (κ1) is 22.6. The molecule has 0 aromatic heterocycles. The van der Waals surface area contributed by atoms with E-state index in [2.05, 4.69) is 39.8 Å². The molecule has 1 saturated heterocycles. The molecule has 2 N–H and O–H groups in total. The molecule has 0 spiro atoms. The lowest BCUT2D eigenvalue weighted by atomic mass is 9.67. The van der Waals surface area contributed by atoms with Crippen molar-refractivity contribution in [3.8, 4) is 5.75 Å². The van der Waals surface area contributed by atoms with E-state index in [-0.39, 0.29) is 23.2 Å². The maximum Gasteiger partial charge on any atom is 0.185 e. The summed E-state index contributed by atoms with van der Waals surface area (Å²) in [5, 5.41) is 21.7. The van der Waals surface area contributed by atoms with E-state index in [1.807, 2.05) is 26.0 Å². The van der Waals surface area contributed by atoms with Crippen LogP contribution in [0.15, 0.2) is 41.5 Å². The van der Waals surface area contributed by atoms with Crippen LogP contribution in [0.5, 0.6) is 5.75 Å². The van der Waals surface area contributed by atoms with Gasteiger partial charge in [-0.1, -0.05) is 36.3 Å². The van der Waals surface area contributed by atoms with Crippen molar-refractivity contribution in [3.63, 3.8) is 0 Å². The van der Waals surface area contributed by atoms with Crippen LogP contribution in [0.2, 0.25) is 0 Å². The standard InChI is InChI=1S/C27H38O4/c1-17(2)7-9-19-15-20(10-11-21(19)28)24-30-23-16-26(6)14-13-18(3)8-12-22(26)27(23,31-24)25(4,5)29/h7,10-11,13,15,22-24,28-29H,8-9,12,14,16H2,1-6H3/t22-,23+,24+,26+,27-/m0/s1. The summed E-state index contributed by atoms with van der Waals surface area (Å²) in [6, 6.07) is 5.59. The molecule has 4 nitrogen and oxygen atoms in total. The second kappa shape index (κ2) is 7.75. The van der Waals surface area contributed by atoms with E-state index in [0.29, 0.717) is 6.42 Å². The fourth-order valence-corrected chi connectivity index (χ4v) is 6.13. The van der Waals surface area contributed by atoms with Gasteiger partial charge in [-0.25, -0.2) is 0 Å². The molecule has 2 aliphatic carbocycles. The molecular weight excluding hydrogens is 388 g/mol. The number of allylic oxidation sites excluding steroid dienone is 4. The van der Waals surface area contributed by atoms with E-state index in [0.717, 1.165) is 36.8 Å². The van der Waals surface area contributed by atoms with E-state index in [9.17, 15) is 10.2 Å². The Balaban J connectivity index is 1.68. The van der Waals surface area contributed by atoms with Crippen LogP contribution in [0, 0.1) is 11.3 Å². The van der Waals surface area contributed by atoms with Crippen molar-refractivity contribution in [2.45, 2.75) is 97.2 Å². The maximum atomic E-state index is 11.4. The predicted octanol–water partition coefficient (Wildman–Crippen LogP) is 5.98. The monoisotopic (exact) mass is 426 g/mol. The molecule has 0 bridgehead atoms. The quantitative estimate of drug-likeness (QED) is 0.581. The van der Waals surface area contributed by atoms with Crippen molar-refractivity contribution in [2.24, 2.45) is 11.3 Å². The summed E-state index contributed by atoms with van der Waals surface area (Å²) in [7, 11) is 0.